The predicted octanol–water partition coefficient (Wildman–Crippen LogP) is 5.40. The van der Waals surface area contributed by atoms with Crippen molar-refractivity contribution in [1.82, 2.24) is 0 Å². The quantitative estimate of drug-likeness (QED) is 0.492. The van der Waals surface area contributed by atoms with Gasteiger partial charge in [-0.2, -0.15) is 0 Å². The Balaban J connectivity index is 1.30. The zero-order chi connectivity index (χ0) is 29.9. The van der Waals surface area contributed by atoms with Gasteiger partial charge in [0, 0.05) is 27.5 Å². The van der Waals surface area contributed by atoms with Crippen LogP contribution in [0.3, 0.4) is 0 Å². The number of carbonyl (C=O) groups is 2. The first kappa shape index (κ1) is 28.1. The van der Waals surface area contributed by atoms with Crippen molar-refractivity contribution in [3.63, 3.8) is 0 Å². The molecule has 0 spiro atoms. The first-order valence-electron chi connectivity index (χ1n) is 14.6. The van der Waals surface area contributed by atoms with Gasteiger partial charge in [-0.05, 0) is 78.5 Å². The number of rotatable bonds is 4. The molecule has 0 unspecified atom stereocenters. The molecule has 1 aliphatic heterocycles. The van der Waals surface area contributed by atoms with Crippen LogP contribution in [-0.4, -0.2) is 58.5 Å². The summed E-state index contributed by atoms with van der Waals surface area (Å²) in [5, 5.41) is 25.7. The molecular weight excluding hydrogens is 560 g/mol. The molecule has 2 heterocycles. The number of alkyl halides is 2. The Morgan fingerprint density at radius 2 is 1.90 bits per heavy atom. The van der Waals surface area contributed by atoms with E-state index >= 15 is 8.78 Å². The lowest BCUT2D eigenvalue weighted by Gasteiger charge is -2.67. The summed E-state index contributed by atoms with van der Waals surface area (Å²) in [6.07, 6.45) is 0.729. The van der Waals surface area contributed by atoms with E-state index in [2.05, 4.69) is 0 Å². The number of aliphatic hydroxyl groups excluding tert-OH is 2. The van der Waals surface area contributed by atoms with Crippen LogP contribution >= 0.6 is 11.3 Å². The van der Waals surface area contributed by atoms with Gasteiger partial charge in [-0.1, -0.05) is 38.1 Å². The van der Waals surface area contributed by atoms with E-state index in [0.29, 0.717) is 13.0 Å². The van der Waals surface area contributed by atoms with Gasteiger partial charge in [0.2, 0.25) is 0 Å². The Morgan fingerprint density at radius 1 is 1.17 bits per heavy atom. The molecule has 5 aliphatic rings. The van der Waals surface area contributed by atoms with Gasteiger partial charge in [-0.25, -0.2) is 8.78 Å². The van der Waals surface area contributed by atoms with Crippen LogP contribution in [0.1, 0.15) is 40.0 Å². The van der Waals surface area contributed by atoms with Crippen molar-refractivity contribution in [1.29, 1.82) is 0 Å². The van der Waals surface area contributed by atoms with Crippen molar-refractivity contribution in [3.8, 4) is 10.4 Å². The summed E-state index contributed by atoms with van der Waals surface area (Å²) in [6, 6.07) is 11.9. The van der Waals surface area contributed by atoms with Crippen LogP contribution in [-0.2, 0) is 14.4 Å². The lowest BCUT2D eigenvalue weighted by Crippen LogP contribution is -2.73. The Bertz CT molecular complexity index is 1530. The van der Waals surface area contributed by atoms with E-state index in [-0.39, 0.29) is 18.4 Å². The topological polar surface area (TPSA) is 87.1 Å². The molecular formula is C33H35F2NO5S. The monoisotopic (exact) mass is 595 g/mol. The molecule has 1 aromatic heterocycles. The van der Waals surface area contributed by atoms with Crippen molar-refractivity contribution in [2.75, 3.05) is 18.2 Å². The van der Waals surface area contributed by atoms with Crippen LogP contribution < -0.4 is 5.06 Å². The minimum absolute atomic E-state index is 0.0627. The zero-order valence-electron chi connectivity index (χ0n) is 23.8. The molecule has 4 aliphatic carbocycles. The highest BCUT2D eigenvalue weighted by atomic mass is 32.1. The second kappa shape index (κ2) is 8.91. The highest BCUT2D eigenvalue weighted by molar-refractivity contribution is 7.13. The molecule has 0 radical (unpaired) electrons. The number of hydrogen-bond donors (Lipinski definition) is 2. The fourth-order valence-electron chi connectivity index (χ4n) is 9.71. The third kappa shape index (κ3) is 3.18. The Hall–Kier alpha value is -2.72. The number of carbonyl (C=O) groups excluding carboxylic acids is 2. The summed E-state index contributed by atoms with van der Waals surface area (Å²) in [5.74, 6) is -2.30. The number of nitrogens with zero attached hydrogens (tertiary/aromatic N) is 1. The van der Waals surface area contributed by atoms with E-state index in [1.807, 2.05) is 55.6 Å². The van der Waals surface area contributed by atoms with Crippen molar-refractivity contribution in [2.45, 2.75) is 63.6 Å². The van der Waals surface area contributed by atoms with Gasteiger partial charge in [0.15, 0.2) is 22.8 Å². The van der Waals surface area contributed by atoms with E-state index in [9.17, 15) is 19.8 Å². The molecule has 42 heavy (non-hydrogen) atoms. The first-order valence-corrected chi connectivity index (χ1v) is 15.4. The van der Waals surface area contributed by atoms with Gasteiger partial charge in [0.05, 0.1) is 18.3 Å². The van der Waals surface area contributed by atoms with Crippen LogP contribution in [0.4, 0.5) is 14.5 Å². The Kier molecular flexibility index (Phi) is 5.95. The molecule has 222 valence electrons. The van der Waals surface area contributed by atoms with Gasteiger partial charge in [0.1, 0.15) is 12.8 Å². The van der Waals surface area contributed by atoms with Gasteiger partial charge in [-0.3, -0.25) is 19.5 Å². The molecule has 7 rings (SSSR count). The third-order valence-electron chi connectivity index (χ3n) is 11.9. The molecule has 9 heteroatoms. The lowest BCUT2D eigenvalue weighted by molar-refractivity contribution is -0.256. The molecule has 1 saturated heterocycles. The number of thiophene rings is 1. The summed E-state index contributed by atoms with van der Waals surface area (Å²) in [7, 11) is 0. The largest absolute Gasteiger partial charge is 0.390 e. The number of allylic oxidation sites excluding steroid dienone is 4. The normalized spacial score (nSPS) is 43.8. The summed E-state index contributed by atoms with van der Waals surface area (Å²) in [6.45, 7) is 4.87. The maximum atomic E-state index is 17.8. The van der Waals surface area contributed by atoms with Crippen molar-refractivity contribution in [2.24, 2.45) is 28.1 Å². The van der Waals surface area contributed by atoms with Crippen molar-refractivity contribution in [3.05, 3.63) is 65.6 Å². The standard InChI is InChI=1S/C33H35F2NO5S/c1-29-11-10-22(38)13-23(29)24(34)14-26-30(2)15-20-17-36(21-8-6-19(7-9-21)25-5-4-12-42-25)41-33(20,28(40)18-37)31(30,3)16-27(39)32(26,29)35/h4-13,20,24,26-27,37,39H,14-18H2,1-3H3/t20-,24-,26-,27-,29-,30-,31-,32-,33-/m0/s1. The van der Waals surface area contributed by atoms with Crippen LogP contribution in [0.15, 0.2) is 65.6 Å². The van der Waals surface area contributed by atoms with E-state index in [1.165, 1.54) is 18.2 Å². The highest BCUT2D eigenvalue weighted by Gasteiger charge is 2.83. The van der Waals surface area contributed by atoms with Gasteiger partial charge in [0.25, 0.3) is 0 Å². The SMILES string of the molecule is C[C@]12C[C@H](O)[C@@]3(F)[C@@H](C[C@H](F)C4=CC(=O)C=C[C@@]43C)[C@]1(C)C[C@H]1CN(c3ccc(-c4cccs4)cc3)O[C@]12C(=O)CO. The number of hydroxylamine groups is 1. The van der Waals surface area contributed by atoms with Crippen molar-refractivity contribution >= 4 is 28.6 Å². The van der Waals surface area contributed by atoms with Crippen LogP contribution in [0.2, 0.25) is 0 Å². The number of anilines is 1. The molecule has 2 N–H and O–H groups in total. The lowest BCUT2D eigenvalue weighted by atomic mass is 9.39. The van der Waals surface area contributed by atoms with E-state index in [0.717, 1.165) is 16.1 Å². The predicted molar refractivity (Wildman–Crippen MR) is 155 cm³/mol. The third-order valence-corrected chi connectivity index (χ3v) is 12.8. The molecule has 6 nitrogen and oxygen atoms in total. The maximum Gasteiger partial charge on any atom is 0.193 e. The maximum absolute atomic E-state index is 17.8. The second-order valence-corrected chi connectivity index (χ2v) is 14.4. The van der Waals surface area contributed by atoms with Gasteiger partial charge >= 0.3 is 0 Å². The second-order valence-electron chi connectivity index (χ2n) is 13.4. The fraction of sp³-hybridized carbons (Fsp3) is 0.515. The van der Waals surface area contributed by atoms with Crippen molar-refractivity contribution < 1.29 is 33.4 Å². The molecule has 2 aromatic rings. The number of hydrogen-bond acceptors (Lipinski definition) is 7. The number of halogens is 2. The van der Waals surface area contributed by atoms with Crippen LogP contribution in [0.5, 0.6) is 0 Å². The molecule has 0 amide bonds. The van der Waals surface area contributed by atoms with E-state index < -0.39 is 69.8 Å². The van der Waals surface area contributed by atoms with Crippen LogP contribution in [0.25, 0.3) is 10.4 Å². The smallest absolute Gasteiger partial charge is 0.193 e. The Morgan fingerprint density at radius 3 is 2.57 bits per heavy atom. The summed E-state index contributed by atoms with van der Waals surface area (Å²) in [4.78, 5) is 33.8. The van der Waals surface area contributed by atoms with E-state index in [4.69, 9.17) is 4.84 Å². The Labute approximate surface area is 247 Å². The summed E-state index contributed by atoms with van der Waals surface area (Å²) < 4.78 is 33.7. The highest BCUT2D eigenvalue weighted by Crippen LogP contribution is 2.77. The van der Waals surface area contributed by atoms with Gasteiger partial charge in [-0.15, -0.1) is 11.3 Å². The van der Waals surface area contributed by atoms with Gasteiger partial charge < -0.3 is 10.2 Å². The minimum Gasteiger partial charge on any atom is -0.390 e. The molecule has 0 bridgehead atoms. The summed E-state index contributed by atoms with van der Waals surface area (Å²) >= 11 is 1.64. The molecule has 4 fully saturated rings. The minimum atomic E-state index is -2.27. The molecule has 9 atom stereocenters. The fourth-order valence-corrected chi connectivity index (χ4v) is 10.4. The molecule has 1 aromatic carbocycles. The average Bonchev–Trinajstić information content (AvgIpc) is 3.67. The number of aliphatic hydroxyl groups is 2. The number of Topliss-reactive ketones (excluding diaryl/α,β-unsaturated/α-hetero) is 1. The number of ketones is 2. The van der Waals surface area contributed by atoms with E-state index in [1.54, 1.807) is 23.3 Å². The number of fused-ring (bicyclic) bond motifs is 7. The van der Waals surface area contributed by atoms with Crippen LogP contribution in [0, 0.1) is 28.1 Å². The molecule has 3 saturated carbocycles. The zero-order valence-corrected chi connectivity index (χ0v) is 24.7. The first-order chi connectivity index (χ1) is 19.9. The number of benzene rings is 1. The summed E-state index contributed by atoms with van der Waals surface area (Å²) in [5.41, 5.74) is -5.54. The average molecular weight is 596 g/mol.